The van der Waals surface area contributed by atoms with Crippen LogP contribution in [-0.2, 0) is 0 Å². The summed E-state index contributed by atoms with van der Waals surface area (Å²) in [7, 11) is 0. The maximum absolute atomic E-state index is 5.55. The van der Waals surface area contributed by atoms with Gasteiger partial charge in [0.15, 0.2) is 0 Å². The van der Waals surface area contributed by atoms with Crippen LogP contribution in [0.15, 0.2) is 0 Å². The number of thioether (sulfide) groups is 1. The normalized spacial score (nSPS) is 25.1. The highest BCUT2D eigenvalue weighted by Crippen LogP contribution is 2.09. The minimum atomic E-state index is 1.01. The molecular weight excluding hydrogens is 120 g/mol. The van der Waals surface area contributed by atoms with Crippen molar-refractivity contribution >= 4 is 11.8 Å². The van der Waals surface area contributed by atoms with E-state index in [1.165, 1.54) is 18.6 Å². The van der Waals surface area contributed by atoms with Crippen molar-refractivity contribution in [3.63, 3.8) is 0 Å². The van der Waals surface area contributed by atoms with Crippen LogP contribution in [0.3, 0.4) is 0 Å². The predicted molar refractivity (Wildman–Crippen MR) is 37.5 cm³/mol. The van der Waals surface area contributed by atoms with Gasteiger partial charge in [-0.2, -0.15) is 0 Å². The second kappa shape index (κ2) is 3.33. The molecule has 0 unspecified atom stereocenters. The zero-order chi connectivity index (χ0) is 5.82. The molecule has 0 saturated carbocycles. The van der Waals surface area contributed by atoms with Crippen molar-refractivity contribution in [2.45, 2.75) is 12.8 Å². The third-order valence-electron chi connectivity index (χ3n) is 1.24. The molecule has 0 atom stereocenters. The summed E-state index contributed by atoms with van der Waals surface area (Å²) in [5.74, 6) is 7.85. The summed E-state index contributed by atoms with van der Waals surface area (Å²) in [5.41, 5.74) is 0. The third-order valence-corrected chi connectivity index (χ3v) is 2.33. The SMILES string of the molecule is NN1CCCCSC1. The summed E-state index contributed by atoms with van der Waals surface area (Å²) >= 11 is 1.92. The van der Waals surface area contributed by atoms with Gasteiger partial charge in [-0.1, -0.05) is 0 Å². The van der Waals surface area contributed by atoms with Crippen molar-refractivity contribution in [3.05, 3.63) is 0 Å². The Hall–Kier alpha value is 0.270. The van der Waals surface area contributed by atoms with Crippen LogP contribution in [-0.4, -0.2) is 23.2 Å². The lowest BCUT2D eigenvalue weighted by Crippen LogP contribution is -2.30. The maximum atomic E-state index is 5.55. The van der Waals surface area contributed by atoms with Crippen LogP contribution < -0.4 is 5.84 Å². The van der Waals surface area contributed by atoms with Gasteiger partial charge in [-0.25, -0.2) is 5.01 Å². The lowest BCUT2D eigenvalue weighted by molar-refractivity contribution is 0.334. The number of rotatable bonds is 0. The van der Waals surface area contributed by atoms with Crippen LogP contribution in [0, 0.1) is 0 Å². The molecule has 0 aromatic carbocycles. The van der Waals surface area contributed by atoms with Crippen LogP contribution in [0.4, 0.5) is 0 Å². The van der Waals surface area contributed by atoms with Crippen molar-refractivity contribution in [2.75, 3.05) is 18.2 Å². The molecule has 1 aliphatic heterocycles. The molecule has 1 fully saturated rings. The molecule has 0 aromatic rings. The Kier molecular flexibility index (Phi) is 2.66. The first-order valence-corrected chi connectivity index (χ1v) is 4.12. The topological polar surface area (TPSA) is 29.3 Å². The van der Waals surface area contributed by atoms with Crippen LogP contribution in [0.2, 0.25) is 0 Å². The Labute approximate surface area is 54.4 Å². The first kappa shape index (κ1) is 6.39. The third kappa shape index (κ3) is 2.03. The van der Waals surface area contributed by atoms with Crippen LogP contribution in [0.5, 0.6) is 0 Å². The molecule has 2 nitrogen and oxygen atoms in total. The maximum Gasteiger partial charge on any atom is 0.0585 e. The molecule has 1 rings (SSSR count). The second-order valence-electron chi connectivity index (χ2n) is 2.06. The Morgan fingerprint density at radius 3 is 3.12 bits per heavy atom. The molecule has 2 N–H and O–H groups in total. The molecule has 1 saturated heterocycles. The Balaban J connectivity index is 2.17. The van der Waals surface area contributed by atoms with E-state index in [0.29, 0.717) is 0 Å². The Bertz CT molecular complexity index is 59.4. The van der Waals surface area contributed by atoms with E-state index < -0.39 is 0 Å². The second-order valence-corrected chi connectivity index (χ2v) is 3.13. The van der Waals surface area contributed by atoms with Crippen molar-refractivity contribution in [1.82, 2.24) is 5.01 Å². The van der Waals surface area contributed by atoms with Gasteiger partial charge in [0, 0.05) is 6.54 Å². The van der Waals surface area contributed by atoms with Crippen molar-refractivity contribution < 1.29 is 0 Å². The van der Waals surface area contributed by atoms with Gasteiger partial charge in [0.05, 0.1) is 5.88 Å². The molecule has 8 heavy (non-hydrogen) atoms. The first-order valence-electron chi connectivity index (χ1n) is 2.97. The molecule has 0 spiro atoms. The van der Waals surface area contributed by atoms with E-state index in [-0.39, 0.29) is 0 Å². The summed E-state index contributed by atoms with van der Waals surface area (Å²) in [4.78, 5) is 0. The smallest absolute Gasteiger partial charge is 0.0585 e. The molecule has 0 aromatic heterocycles. The average Bonchev–Trinajstić information content (AvgIpc) is 1.94. The van der Waals surface area contributed by atoms with Crippen molar-refractivity contribution in [2.24, 2.45) is 5.84 Å². The van der Waals surface area contributed by atoms with E-state index in [9.17, 15) is 0 Å². The summed E-state index contributed by atoms with van der Waals surface area (Å²) < 4.78 is 0. The van der Waals surface area contributed by atoms with E-state index in [4.69, 9.17) is 5.84 Å². The summed E-state index contributed by atoms with van der Waals surface area (Å²) in [6.07, 6.45) is 2.60. The first-order chi connectivity index (χ1) is 3.89. The van der Waals surface area contributed by atoms with Crippen molar-refractivity contribution in [1.29, 1.82) is 0 Å². The van der Waals surface area contributed by atoms with Gasteiger partial charge in [0.2, 0.25) is 0 Å². The quantitative estimate of drug-likeness (QED) is 0.491. The summed E-state index contributed by atoms with van der Waals surface area (Å²) in [6, 6.07) is 0. The van der Waals surface area contributed by atoms with Crippen molar-refractivity contribution in [3.8, 4) is 0 Å². The van der Waals surface area contributed by atoms with Crippen LogP contribution >= 0.6 is 11.8 Å². The molecule has 0 radical (unpaired) electrons. The molecule has 0 bridgehead atoms. The largest absolute Gasteiger partial charge is 0.268 e. The minimum Gasteiger partial charge on any atom is -0.268 e. The number of hydrogen-bond acceptors (Lipinski definition) is 3. The zero-order valence-electron chi connectivity index (χ0n) is 4.97. The number of nitrogens with zero attached hydrogens (tertiary/aromatic N) is 1. The van der Waals surface area contributed by atoms with Gasteiger partial charge in [-0.05, 0) is 18.6 Å². The Morgan fingerprint density at radius 2 is 2.25 bits per heavy atom. The average molecular weight is 132 g/mol. The highest BCUT2D eigenvalue weighted by Gasteiger charge is 2.02. The zero-order valence-corrected chi connectivity index (χ0v) is 5.78. The van der Waals surface area contributed by atoms with E-state index in [1.807, 2.05) is 16.8 Å². The molecule has 3 heteroatoms. The van der Waals surface area contributed by atoms with Gasteiger partial charge in [-0.15, -0.1) is 11.8 Å². The minimum absolute atomic E-state index is 1.01. The lowest BCUT2D eigenvalue weighted by atomic mass is 10.3. The number of nitrogens with two attached hydrogens (primary N) is 1. The Morgan fingerprint density at radius 1 is 1.38 bits per heavy atom. The molecule has 0 aliphatic carbocycles. The van der Waals surface area contributed by atoms with Gasteiger partial charge in [0.25, 0.3) is 0 Å². The van der Waals surface area contributed by atoms with Crippen LogP contribution in [0.25, 0.3) is 0 Å². The van der Waals surface area contributed by atoms with Crippen LogP contribution in [0.1, 0.15) is 12.8 Å². The highest BCUT2D eigenvalue weighted by atomic mass is 32.2. The molecule has 1 heterocycles. The standard InChI is InChI=1S/C5H12N2S/c6-7-3-1-2-4-8-5-7/h1-6H2. The molecule has 0 amide bonds. The molecular formula is C5H12N2S. The highest BCUT2D eigenvalue weighted by molar-refractivity contribution is 7.99. The fourth-order valence-electron chi connectivity index (χ4n) is 0.765. The molecule has 48 valence electrons. The fourth-order valence-corrected chi connectivity index (χ4v) is 1.67. The van der Waals surface area contributed by atoms with Gasteiger partial charge in [0.1, 0.15) is 0 Å². The number of hydrogen-bond donors (Lipinski definition) is 1. The predicted octanol–water partition coefficient (Wildman–Crippen LogP) is 0.647. The van der Waals surface area contributed by atoms with Gasteiger partial charge in [-0.3, -0.25) is 5.84 Å². The number of hydrazine groups is 1. The van der Waals surface area contributed by atoms with Gasteiger partial charge < -0.3 is 0 Å². The summed E-state index contributed by atoms with van der Waals surface area (Å²) in [5, 5.41) is 1.89. The van der Waals surface area contributed by atoms with E-state index in [2.05, 4.69) is 0 Å². The fraction of sp³-hybridized carbons (Fsp3) is 1.00. The summed E-state index contributed by atoms with van der Waals surface area (Å²) in [6.45, 7) is 1.08. The lowest BCUT2D eigenvalue weighted by Gasteiger charge is -2.09. The molecule has 1 aliphatic rings. The monoisotopic (exact) mass is 132 g/mol. The van der Waals surface area contributed by atoms with E-state index in [1.54, 1.807) is 0 Å². The van der Waals surface area contributed by atoms with E-state index >= 15 is 0 Å². The van der Waals surface area contributed by atoms with E-state index in [0.717, 1.165) is 12.4 Å². The van der Waals surface area contributed by atoms with Gasteiger partial charge >= 0.3 is 0 Å².